The highest BCUT2D eigenvalue weighted by Crippen LogP contribution is 2.26. The van der Waals surface area contributed by atoms with Gasteiger partial charge in [0, 0.05) is 12.6 Å². The van der Waals surface area contributed by atoms with E-state index in [1.54, 1.807) is 0 Å². The van der Waals surface area contributed by atoms with Gasteiger partial charge in [-0.3, -0.25) is 4.79 Å². The number of carbonyl (C=O) groups is 1. The van der Waals surface area contributed by atoms with Crippen molar-refractivity contribution in [3.63, 3.8) is 0 Å². The Bertz CT molecular complexity index is 494. The molecule has 0 radical (unpaired) electrons. The van der Waals surface area contributed by atoms with Gasteiger partial charge in [0.25, 0.3) is 0 Å². The monoisotopic (exact) mass is 286 g/mol. The van der Waals surface area contributed by atoms with Crippen LogP contribution in [0.1, 0.15) is 50.2 Å². The summed E-state index contributed by atoms with van der Waals surface area (Å²) in [6.07, 6.45) is 7.34. The highest BCUT2D eigenvalue weighted by atomic mass is 16.2. The van der Waals surface area contributed by atoms with Crippen molar-refractivity contribution in [1.29, 1.82) is 0 Å². The van der Waals surface area contributed by atoms with Gasteiger partial charge in [0.1, 0.15) is 0 Å². The van der Waals surface area contributed by atoms with Gasteiger partial charge < -0.3 is 10.6 Å². The first-order valence-electron chi connectivity index (χ1n) is 8.34. The van der Waals surface area contributed by atoms with E-state index in [0.717, 1.165) is 13.0 Å². The van der Waals surface area contributed by atoms with E-state index in [1.165, 1.54) is 43.2 Å². The Kier molecular flexibility index (Phi) is 4.59. The molecule has 0 spiro atoms. The fourth-order valence-corrected chi connectivity index (χ4v) is 3.72. The normalized spacial score (nSPS) is 24.1. The lowest BCUT2D eigenvalue weighted by Gasteiger charge is -2.31. The lowest BCUT2D eigenvalue weighted by Crippen LogP contribution is -2.51. The summed E-state index contributed by atoms with van der Waals surface area (Å²) in [6, 6.07) is 8.63. The molecule has 2 atom stereocenters. The number of rotatable bonds is 3. The summed E-state index contributed by atoms with van der Waals surface area (Å²) in [5.41, 5.74) is 2.63. The van der Waals surface area contributed by atoms with E-state index in [4.69, 9.17) is 0 Å². The Morgan fingerprint density at radius 1 is 1.19 bits per heavy atom. The van der Waals surface area contributed by atoms with Crippen LogP contribution in [0.2, 0.25) is 0 Å². The average Bonchev–Trinajstić information content (AvgIpc) is 2.55. The first kappa shape index (κ1) is 14.6. The zero-order chi connectivity index (χ0) is 14.7. The number of fused-ring (bicyclic) bond motifs is 1. The van der Waals surface area contributed by atoms with Crippen molar-refractivity contribution in [1.82, 2.24) is 10.6 Å². The topological polar surface area (TPSA) is 41.1 Å². The van der Waals surface area contributed by atoms with Crippen LogP contribution < -0.4 is 10.6 Å². The van der Waals surface area contributed by atoms with Crippen LogP contribution in [0.3, 0.4) is 0 Å². The maximum Gasteiger partial charge on any atom is 0.237 e. The predicted molar refractivity (Wildman–Crippen MR) is 85.0 cm³/mol. The summed E-state index contributed by atoms with van der Waals surface area (Å²) in [6.45, 7) is 2.97. The molecule has 21 heavy (non-hydrogen) atoms. The van der Waals surface area contributed by atoms with E-state index >= 15 is 0 Å². The van der Waals surface area contributed by atoms with Crippen molar-refractivity contribution in [2.45, 2.75) is 64.1 Å². The van der Waals surface area contributed by atoms with E-state index in [9.17, 15) is 4.79 Å². The summed E-state index contributed by atoms with van der Waals surface area (Å²) >= 11 is 0. The molecule has 1 amide bonds. The number of amides is 1. The third-order valence-electron chi connectivity index (χ3n) is 5.12. The molecule has 3 heteroatoms. The van der Waals surface area contributed by atoms with Crippen LogP contribution in [-0.4, -0.2) is 18.0 Å². The second kappa shape index (κ2) is 6.61. The predicted octanol–water partition coefficient (Wildman–Crippen LogP) is 2.79. The Hall–Kier alpha value is -1.35. The lowest BCUT2D eigenvalue weighted by molar-refractivity contribution is -0.124. The number of hydrogen-bond acceptors (Lipinski definition) is 2. The van der Waals surface area contributed by atoms with Gasteiger partial charge in [-0.25, -0.2) is 0 Å². The first-order chi connectivity index (χ1) is 10.2. The Morgan fingerprint density at radius 2 is 1.90 bits per heavy atom. The van der Waals surface area contributed by atoms with Crippen molar-refractivity contribution in [3.8, 4) is 0 Å². The van der Waals surface area contributed by atoms with E-state index in [-0.39, 0.29) is 11.9 Å². The molecule has 0 unspecified atom stereocenters. The largest absolute Gasteiger partial charge is 0.352 e. The summed E-state index contributed by atoms with van der Waals surface area (Å²) in [5.74, 6) is 0.834. The Balaban J connectivity index is 1.56. The molecule has 0 saturated heterocycles. The van der Waals surface area contributed by atoms with Crippen LogP contribution in [0.5, 0.6) is 0 Å². The first-order valence-corrected chi connectivity index (χ1v) is 8.34. The minimum Gasteiger partial charge on any atom is -0.352 e. The molecule has 3 nitrogen and oxygen atoms in total. The van der Waals surface area contributed by atoms with Crippen molar-refractivity contribution in [2.24, 2.45) is 5.92 Å². The molecule has 2 aliphatic rings. The fourth-order valence-electron chi connectivity index (χ4n) is 3.72. The molecule has 1 fully saturated rings. The minimum atomic E-state index is -0.0778. The van der Waals surface area contributed by atoms with Crippen LogP contribution in [-0.2, 0) is 17.8 Å². The molecule has 2 N–H and O–H groups in total. The SMILES string of the molecule is C[C@H](NC(=O)[C@H]1Cc2ccccc2CN1)C1CCCCC1. The summed E-state index contributed by atoms with van der Waals surface area (Å²) in [4.78, 5) is 12.5. The van der Waals surface area contributed by atoms with Gasteiger partial charge >= 0.3 is 0 Å². The second-order valence-corrected chi connectivity index (χ2v) is 6.60. The zero-order valence-electron chi connectivity index (χ0n) is 12.9. The molecule has 114 valence electrons. The van der Waals surface area contributed by atoms with E-state index in [1.807, 2.05) is 0 Å². The van der Waals surface area contributed by atoms with Gasteiger partial charge in [-0.15, -0.1) is 0 Å². The second-order valence-electron chi connectivity index (χ2n) is 6.60. The summed E-state index contributed by atoms with van der Waals surface area (Å²) in [7, 11) is 0. The molecule has 0 aromatic heterocycles. The number of benzene rings is 1. The van der Waals surface area contributed by atoms with E-state index in [0.29, 0.717) is 12.0 Å². The van der Waals surface area contributed by atoms with Crippen LogP contribution in [0, 0.1) is 5.92 Å². The number of hydrogen-bond donors (Lipinski definition) is 2. The van der Waals surface area contributed by atoms with Gasteiger partial charge in [-0.05, 0) is 43.2 Å². The van der Waals surface area contributed by atoms with E-state index < -0.39 is 0 Å². The molecule has 1 aliphatic heterocycles. The Labute approximate surface area is 127 Å². The van der Waals surface area contributed by atoms with Gasteiger partial charge in [-0.2, -0.15) is 0 Å². The summed E-state index contributed by atoms with van der Waals surface area (Å²) in [5, 5.41) is 6.62. The third-order valence-corrected chi connectivity index (χ3v) is 5.12. The molecule has 0 bridgehead atoms. The van der Waals surface area contributed by atoms with Crippen molar-refractivity contribution in [2.75, 3.05) is 0 Å². The molecule has 1 saturated carbocycles. The maximum absolute atomic E-state index is 12.5. The van der Waals surface area contributed by atoms with Crippen LogP contribution >= 0.6 is 0 Å². The van der Waals surface area contributed by atoms with Crippen molar-refractivity contribution in [3.05, 3.63) is 35.4 Å². The van der Waals surface area contributed by atoms with Crippen LogP contribution in [0.4, 0.5) is 0 Å². The van der Waals surface area contributed by atoms with Gasteiger partial charge in [-0.1, -0.05) is 43.5 Å². The average molecular weight is 286 g/mol. The number of nitrogens with one attached hydrogen (secondary N) is 2. The highest BCUT2D eigenvalue weighted by Gasteiger charge is 2.27. The standard InChI is InChI=1S/C18H26N2O/c1-13(14-7-3-2-4-8-14)20-18(21)17-11-15-9-5-6-10-16(15)12-19-17/h5-6,9-10,13-14,17,19H,2-4,7-8,11-12H2,1H3,(H,20,21)/t13-,17+/m0/s1. The highest BCUT2D eigenvalue weighted by molar-refractivity contribution is 5.82. The minimum absolute atomic E-state index is 0.0778. The van der Waals surface area contributed by atoms with E-state index in [2.05, 4.69) is 41.8 Å². The molecular formula is C18H26N2O. The molecule has 1 aromatic rings. The maximum atomic E-state index is 12.5. The van der Waals surface area contributed by atoms with Crippen molar-refractivity contribution < 1.29 is 4.79 Å². The van der Waals surface area contributed by atoms with Crippen LogP contribution in [0.25, 0.3) is 0 Å². The van der Waals surface area contributed by atoms with Gasteiger partial charge in [0.15, 0.2) is 0 Å². The Morgan fingerprint density at radius 3 is 2.67 bits per heavy atom. The summed E-state index contributed by atoms with van der Waals surface area (Å²) < 4.78 is 0. The fraction of sp³-hybridized carbons (Fsp3) is 0.611. The zero-order valence-corrected chi connectivity index (χ0v) is 12.9. The molecule has 1 aromatic carbocycles. The lowest BCUT2D eigenvalue weighted by atomic mass is 9.84. The van der Waals surface area contributed by atoms with Gasteiger partial charge in [0.2, 0.25) is 5.91 Å². The van der Waals surface area contributed by atoms with Crippen LogP contribution in [0.15, 0.2) is 24.3 Å². The third kappa shape index (κ3) is 3.46. The molecular weight excluding hydrogens is 260 g/mol. The number of carbonyl (C=O) groups excluding carboxylic acids is 1. The van der Waals surface area contributed by atoms with Crippen molar-refractivity contribution >= 4 is 5.91 Å². The smallest absolute Gasteiger partial charge is 0.237 e. The molecule has 3 rings (SSSR count). The van der Waals surface area contributed by atoms with Gasteiger partial charge in [0.05, 0.1) is 6.04 Å². The molecule has 1 heterocycles. The molecule has 1 aliphatic carbocycles. The quantitative estimate of drug-likeness (QED) is 0.897.